The summed E-state index contributed by atoms with van der Waals surface area (Å²) in [5, 5.41) is 9.07. The number of rotatable bonds is 6. The molecule has 0 aliphatic carbocycles. The zero-order chi connectivity index (χ0) is 12.0. The topological polar surface area (TPSA) is 70.7 Å². The van der Waals surface area contributed by atoms with Gasteiger partial charge in [0.25, 0.3) is 5.91 Å². The van der Waals surface area contributed by atoms with Crippen LogP contribution in [0.1, 0.15) is 50.7 Å². The molecule has 1 atom stereocenters. The average molecular weight is 224 g/mol. The van der Waals surface area contributed by atoms with Gasteiger partial charge in [-0.2, -0.15) is 5.10 Å². The normalized spacial score (nSPS) is 12.8. The van der Waals surface area contributed by atoms with E-state index in [1.54, 1.807) is 0 Å². The summed E-state index contributed by atoms with van der Waals surface area (Å²) in [6.45, 7) is 6.42. The van der Waals surface area contributed by atoms with Crippen LogP contribution < -0.4 is 5.32 Å². The largest absolute Gasteiger partial charge is 0.347 e. The van der Waals surface area contributed by atoms with Gasteiger partial charge in [0.2, 0.25) is 5.82 Å². The molecule has 0 fully saturated rings. The third kappa shape index (κ3) is 4.42. The van der Waals surface area contributed by atoms with Gasteiger partial charge in [-0.05, 0) is 19.3 Å². The van der Waals surface area contributed by atoms with Crippen molar-refractivity contribution in [1.29, 1.82) is 0 Å². The minimum atomic E-state index is -0.186. The maximum Gasteiger partial charge on any atom is 0.288 e. The molecule has 0 bridgehead atoms. The number of aromatic nitrogens is 3. The summed E-state index contributed by atoms with van der Waals surface area (Å²) >= 11 is 0. The molecule has 1 aromatic rings. The standard InChI is InChI=1S/C11H20N4O/c1-8(2)5-4-6-9(3)14-11(16)10-12-7-13-15-10/h7-9H,4-6H2,1-3H3,(H,14,16)(H,12,13,15). The minimum absolute atomic E-state index is 0.177. The Labute approximate surface area is 96.0 Å². The van der Waals surface area contributed by atoms with E-state index < -0.39 is 0 Å². The van der Waals surface area contributed by atoms with Crippen LogP contribution in [-0.2, 0) is 0 Å². The van der Waals surface area contributed by atoms with Crippen LogP contribution in [0.3, 0.4) is 0 Å². The Morgan fingerprint density at radius 2 is 2.19 bits per heavy atom. The van der Waals surface area contributed by atoms with Crippen LogP contribution in [-0.4, -0.2) is 27.1 Å². The summed E-state index contributed by atoms with van der Waals surface area (Å²) < 4.78 is 0. The summed E-state index contributed by atoms with van der Waals surface area (Å²) in [5.41, 5.74) is 0. The smallest absolute Gasteiger partial charge is 0.288 e. The van der Waals surface area contributed by atoms with Crippen molar-refractivity contribution in [2.45, 2.75) is 46.1 Å². The number of amides is 1. The Kier molecular flexibility index (Phi) is 4.95. The van der Waals surface area contributed by atoms with Gasteiger partial charge in [0.05, 0.1) is 0 Å². The third-order valence-electron chi connectivity index (χ3n) is 2.43. The van der Waals surface area contributed by atoms with Gasteiger partial charge in [-0.15, -0.1) is 0 Å². The van der Waals surface area contributed by atoms with E-state index in [0.29, 0.717) is 0 Å². The van der Waals surface area contributed by atoms with Crippen molar-refractivity contribution < 1.29 is 4.79 Å². The maximum atomic E-state index is 11.6. The average Bonchev–Trinajstić information content (AvgIpc) is 2.69. The lowest BCUT2D eigenvalue weighted by atomic mass is 10.0. The van der Waals surface area contributed by atoms with Crippen molar-refractivity contribution in [3.05, 3.63) is 12.2 Å². The van der Waals surface area contributed by atoms with Crippen LogP contribution in [0.4, 0.5) is 0 Å². The van der Waals surface area contributed by atoms with E-state index in [0.717, 1.165) is 18.8 Å². The molecule has 5 heteroatoms. The molecule has 0 aliphatic heterocycles. The SMILES string of the molecule is CC(C)CCCC(C)NC(=O)c1ncn[nH]1. The van der Waals surface area contributed by atoms with Crippen molar-refractivity contribution in [2.75, 3.05) is 0 Å². The Morgan fingerprint density at radius 3 is 2.75 bits per heavy atom. The highest BCUT2D eigenvalue weighted by Crippen LogP contribution is 2.08. The zero-order valence-corrected chi connectivity index (χ0v) is 10.2. The molecular weight excluding hydrogens is 204 g/mol. The van der Waals surface area contributed by atoms with Gasteiger partial charge in [0.15, 0.2) is 0 Å². The first-order chi connectivity index (χ1) is 7.59. The molecule has 1 rings (SSSR count). The van der Waals surface area contributed by atoms with E-state index in [9.17, 15) is 4.79 Å². The molecule has 0 saturated heterocycles. The summed E-state index contributed by atoms with van der Waals surface area (Å²) in [5.74, 6) is 0.808. The minimum Gasteiger partial charge on any atom is -0.347 e. The molecule has 0 aliphatic rings. The number of H-pyrrole nitrogens is 1. The van der Waals surface area contributed by atoms with Crippen LogP contribution in [0, 0.1) is 5.92 Å². The Bertz CT molecular complexity index is 308. The molecule has 5 nitrogen and oxygen atoms in total. The molecule has 1 amide bonds. The molecule has 0 spiro atoms. The van der Waals surface area contributed by atoms with Crippen molar-refractivity contribution in [3.8, 4) is 0 Å². The van der Waals surface area contributed by atoms with Crippen molar-refractivity contribution in [1.82, 2.24) is 20.5 Å². The Hall–Kier alpha value is -1.39. The highest BCUT2D eigenvalue weighted by atomic mass is 16.2. The van der Waals surface area contributed by atoms with Crippen LogP contribution in [0.5, 0.6) is 0 Å². The number of aromatic amines is 1. The van der Waals surface area contributed by atoms with Crippen molar-refractivity contribution in [3.63, 3.8) is 0 Å². The van der Waals surface area contributed by atoms with E-state index in [4.69, 9.17) is 0 Å². The molecule has 1 aromatic heterocycles. The lowest BCUT2D eigenvalue weighted by Crippen LogP contribution is -2.33. The molecule has 1 unspecified atom stereocenters. The van der Waals surface area contributed by atoms with Gasteiger partial charge < -0.3 is 5.32 Å². The first kappa shape index (κ1) is 12.7. The molecule has 2 N–H and O–H groups in total. The van der Waals surface area contributed by atoms with E-state index in [-0.39, 0.29) is 17.8 Å². The molecule has 0 aromatic carbocycles. The molecule has 0 saturated carbocycles. The van der Waals surface area contributed by atoms with Gasteiger partial charge in [0.1, 0.15) is 6.33 Å². The fourth-order valence-corrected chi connectivity index (χ4v) is 1.51. The lowest BCUT2D eigenvalue weighted by molar-refractivity contribution is 0.0927. The zero-order valence-electron chi connectivity index (χ0n) is 10.2. The molecule has 90 valence electrons. The fraction of sp³-hybridized carbons (Fsp3) is 0.727. The van der Waals surface area contributed by atoms with Crippen LogP contribution >= 0.6 is 0 Å². The van der Waals surface area contributed by atoms with Crippen LogP contribution in [0.25, 0.3) is 0 Å². The summed E-state index contributed by atoms with van der Waals surface area (Å²) in [4.78, 5) is 15.4. The van der Waals surface area contributed by atoms with E-state index in [2.05, 4.69) is 34.3 Å². The van der Waals surface area contributed by atoms with E-state index >= 15 is 0 Å². The second-order valence-corrected chi connectivity index (χ2v) is 4.53. The highest BCUT2D eigenvalue weighted by Gasteiger charge is 2.11. The number of carbonyl (C=O) groups is 1. The predicted octanol–water partition coefficient (Wildman–Crippen LogP) is 1.75. The van der Waals surface area contributed by atoms with E-state index in [1.165, 1.54) is 12.7 Å². The predicted molar refractivity (Wildman–Crippen MR) is 62.0 cm³/mol. The fourth-order valence-electron chi connectivity index (χ4n) is 1.51. The maximum absolute atomic E-state index is 11.6. The highest BCUT2D eigenvalue weighted by molar-refractivity contribution is 5.90. The summed E-state index contributed by atoms with van der Waals surface area (Å²) in [7, 11) is 0. The van der Waals surface area contributed by atoms with E-state index in [1.807, 2.05) is 6.92 Å². The number of nitrogens with zero attached hydrogens (tertiary/aromatic N) is 2. The quantitative estimate of drug-likeness (QED) is 0.773. The number of nitrogens with one attached hydrogen (secondary N) is 2. The van der Waals surface area contributed by atoms with Crippen molar-refractivity contribution >= 4 is 5.91 Å². The third-order valence-corrected chi connectivity index (χ3v) is 2.43. The van der Waals surface area contributed by atoms with Gasteiger partial charge in [0, 0.05) is 6.04 Å². The summed E-state index contributed by atoms with van der Waals surface area (Å²) in [6, 6.07) is 0.177. The van der Waals surface area contributed by atoms with Gasteiger partial charge in [-0.25, -0.2) is 4.98 Å². The van der Waals surface area contributed by atoms with Crippen LogP contribution in [0.2, 0.25) is 0 Å². The molecular formula is C11H20N4O. The van der Waals surface area contributed by atoms with Gasteiger partial charge in [-0.1, -0.05) is 26.7 Å². The Balaban J connectivity index is 2.24. The van der Waals surface area contributed by atoms with Crippen LogP contribution in [0.15, 0.2) is 6.33 Å². The molecule has 0 radical (unpaired) electrons. The van der Waals surface area contributed by atoms with Gasteiger partial charge in [-0.3, -0.25) is 9.89 Å². The number of carbonyl (C=O) groups excluding carboxylic acids is 1. The first-order valence-electron chi connectivity index (χ1n) is 5.75. The first-order valence-corrected chi connectivity index (χ1v) is 5.75. The Morgan fingerprint density at radius 1 is 1.44 bits per heavy atom. The molecule has 1 heterocycles. The monoisotopic (exact) mass is 224 g/mol. The molecule has 16 heavy (non-hydrogen) atoms. The number of hydrogen-bond donors (Lipinski definition) is 2. The van der Waals surface area contributed by atoms with Crippen molar-refractivity contribution in [2.24, 2.45) is 5.92 Å². The second-order valence-electron chi connectivity index (χ2n) is 4.53. The summed E-state index contributed by atoms with van der Waals surface area (Å²) in [6.07, 6.45) is 4.66. The lowest BCUT2D eigenvalue weighted by Gasteiger charge is -2.13. The second kappa shape index (κ2) is 6.25. The number of hydrogen-bond acceptors (Lipinski definition) is 3. The van der Waals surface area contributed by atoms with Gasteiger partial charge >= 0.3 is 0 Å².